The highest BCUT2D eigenvalue weighted by Gasteiger charge is 2.43. The van der Waals surface area contributed by atoms with Crippen LogP contribution >= 0.6 is 0 Å². The minimum Gasteiger partial charge on any atom is -0.465 e. The zero-order chi connectivity index (χ0) is 13.8. The summed E-state index contributed by atoms with van der Waals surface area (Å²) in [6.45, 7) is 5.18. The molecule has 0 aromatic heterocycles. The van der Waals surface area contributed by atoms with Gasteiger partial charge in [0.2, 0.25) is 17.4 Å². The number of rotatable bonds is 5. The molecule has 0 aromatic carbocycles. The first kappa shape index (κ1) is 14.4. The predicted molar refractivity (Wildman–Crippen MR) is 66.5 cm³/mol. The number of carbonyl (C=O) groups is 2. The number of ketones is 1. The minimum absolute atomic E-state index is 0.00930. The van der Waals surface area contributed by atoms with Gasteiger partial charge >= 0.3 is 0 Å². The van der Waals surface area contributed by atoms with Crippen LogP contribution in [0.15, 0.2) is 23.5 Å². The van der Waals surface area contributed by atoms with E-state index in [9.17, 15) is 9.59 Å². The molecule has 0 spiro atoms. The van der Waals surface area contributed by atoms with Crippen molar-refractivity contribution in [2.45, 2.75) is 39.3 Å². The molecule has 18 heavy (non-hydrogen) atoms. The van der Waals surface area contributed by atoms with E-state index < -0.39 is 5.72 Å². The van der Waals surface area contributed by atoms with Crippen LogP contribution in [0.2, 0.25) is 0 Å². The van der Waals surface area contributed by atoms with E-state index >= 15 is 0 Å². The molecule has 1 atom stereocenters. The lowest BCUT2D eigenvalue weighted by molar-refractivity contribution is -0.140. The standard InChI is InChI=1S/C13H19NO4/c1-4-13(11(16)8-10(3)18-13)14-12(17)7-9(2)5-6-15/h7-8,15H,4-6H2,1-3H3,(H,14,17). The van der Waals surface area contributed by atoms with E-state index in [0.717, 1.165) is 5.57 Å². The second kappa shape index (κ2) is 5.82. The third-order valence-corrected chi connectivity index (χ3v) is 2.77. The van der Waals surface area contributed by atoms with Gasteiger partial charge in [-0.25, -0.2) is 0 Å². The Morgan fingerprint density at radius 1 is 1.61 bits per heavy atom. The Morgan fingerprint density at radius 2 is 2.28 bits per heavy atom. The lowest BCUT2D eigenvalue weighted by Crippen LogP contribution is -2.52. The number of allylic oxidation sites excluding steroid dienone is 1. The summed E-state index contributed by atoms with van der Waals surface area (Å²) < 4.78 is 5.42. The Hall–Kier alpha value is -1.62. The first-order chi connectivity index (χ1) is 8.43. The van der Waals surface area contributed by atoms with Crippen LogP contribution < -0.4 is 5.32 Å². The molecule has 0 fully saturated rings. The van der Waals surface area contributed by atoms with E-state index in [0.29, 0.717) is 18.6 Å². The summed E-state index contributed by atoms with van der Waals surface area (Å²) in [6, 6.07) is 0. The summed E-state index contributed by atoms with van der Waals surface area (Å²) in [7, 11) is 0. The quantitative estimate of drug-likeness (QED) is 0.718. The molecule has 1 amide bonds. The summed E-state index contributed by atoms with van der Waals surface area (Å²) in [4.78, 5) is 23.6. The van der Waals surface area contributed by atoms with Crippen LogP contribution in [-0.4, -0.2) is 29.1 Å². The monoisotopic (exact) mass is 253 g/mol. The number of nitrogens with one attached hydrogen (secondary N) is 1. The molecule has 5 heteroatoms. The lowest BCUT2D eigenvalue weighted by atomic mass is 10.1. The maximum atomic E-state index is 11.8. The van der Waals surface area contributed by atoms with Gasteiger partial charge in [0.05, 0.1) is 0 Å². The van der Waals surface area contributed by atoms with E-state index in [1.54, 1.807) is 20.8 Å². The summed E-state index contributed by atoms with van der Waals surface area (Å²) in [6.07, 6.45) is 3.54. The van der Waals surface area contributed by atoms with E-state index in [1.807, 2.05) is 0 Å². The molecular weight excluding hydrogens is 234 g/mol. The van der Waals surface area contributed by atoms with Crippen molar-refractivity contribution in [1.82, 2.24) is 5.32 Å². The average molecular weight is 253 g/mol. The van der Waals surface area contributed by atoms with Crippen LogP contribution in [0.3, 0.4) is 0 Å². The Labute approximate surface area is 107 Å². The van der Waals surface area contributed by atoms with E-state index in [2.05, 4.69) is 5.32 Å². The molecule has 2 N–H and O–H groups in total. The average Bonchev–Trinajstić information content (AvgIpc) is 2.54. The highest BCUT2D eigenvalue weighted by atomic mass is 16.5. The Morgan fingerprint density at radius 3 is 2.72 bits per heavy atom. The van der Waals surface area contributed by atoms with Gasteiger partial charge in [-0.1, -0.05) is 12.5 Å². The molecule has 1 rings (SSSR count). The largest absolute Gasteiger partial charge is 0.465 e. The topological polar surface area (TPSA) is 75.6 Å². The van der Waals surface area contributed by atoms with Crippen molar-refractivity contribution in [3.63, 3.8) is 0 Å². The van der Waals surface area contributed by atoms with Gasteiger partial charge in [-0.15, -0.1) is 0 Å². The van der Waals surface area contributed by atoms with Crippen LogP contribution in [0.25, 0.3) is 0 Å². The fourth-order valence-electron chi connectivity index (χ4n) is 1.79. The van der Waals surface area contributed by atoms with Gasteiger partial charge in [0.25, 0.3) is 0 Å². The SMILES string of the molecule is CCC1(NC(=O)C=C(C)CCO)OC(C)=CC1=O. The maximum Gasteiger partial charge on any atom is 0.247 e. The molecule has 1 aliphatic heterocycles. The summed E-state index contributed by atoms with van der Waals surface area (Å²) in [5.41, 5.74) is -0.520. The summed E-state index contributed by atoms with van der Waals surface area (Å²) in [5.74, 6) is -0.137. The lowest BCUT2D eigenvalue weighted by Gasteiger charge is -2.27. The van der Waals surface area contributed by atoms with Crippen LogP contribution in [0.4, 0.5) is 0 Å². The van der Waals surface area contributed by atoms with Crippen LogP contribution in [-0.2, 0) is 14.3 Å². The maximum absolute atomic E-state index is 11.8. The second-order valence-corrected chi connectivity index (χ2v) is 4.36. The van der Waals surface area contributed by atoms with E-state index in [1.165, 1.54) is 12.2 Å². The first-order valence-electron chi connectivity index (χ1n) is 5.95. The zero-order valence-electron chi connectivity index (χ0n) is 10.9. The highest BCUT2D eigenvalue weighted by Crippen LogP contribution is 2.25. The predicted octanol–water partition coefficient (Wildman–Crippen LogP) is 1.04. The number of aliphatic hydroxyl groups is 1. The summed E-state index contributed by atoms with van der Waals surface area (Å²) in [5, 5.41) is 11.3. The molecule has 1 heterocycles. The van der Waals surface area contributed by atoms with Crippen molar-refractivity contribution in [3.8, 4) is 0 Å². The number of ether oxygens (including phenoxy) is 1. The van der Waals surface area contributed by atoms with E-state index in [4.69, 9.17) is 9.84 Å². The first-order valence-corrected chi connectivity index (χ1v) is 5.95. The molecule has 5 nitrogen and oxygen atoms in total. The van der Waals surface area contributed by atoms with Gasteiger partial charge in [-0.05, 0) is 20.3 Å². The molecular formula is C13H19NO4. The zero-order valence-corrected chi connectivity index (χ0v) is 10.9. The van der Waals surface area contributed by atoms with Gasteiger partial charge in [0, 0.05) is 25.2 Å². The second-order valence-electron chi connectivity index (χ2n) is 4.36. The minimum atomic E-state index is -1.27. The third kappa shape index (κ3) is 3.20. The van der Waals surface area contributed by atoms with Crippen molar-refractivity contribution in [3.05, 3.63) is 23.5 Å². The summed E-state index contributed by atoms with van der Waals surface area (Å²) >= 11 is 0. The molecule has 100 valence electrons. The Balaban J connectivity index is 2.74. The molecule has 0 radical (unpaired) electrons. The number of hydrogen-bond acceptors (Lipinski definition) is 4. The van der Waals surface area contributed by atoms with Crippen molar-refractivity contribution >= 4 is 11.7 Å². The molecule has 0 bridgehead atoms. The van der Waals surface area contributed by atoms with Crippen molar-refractivity contribution in [2.24, 2.45) is 0 Å². The van der Waals surface area contributed by atoms with Crippen molar-refractivity contribution < 1.29 is 19.4 Å². The van der Waals surface area contributed by atoms with Crippen LogP contribution in [0, 0.1) is 0 Å². The Bertz CT molecular complexity index is 411. The number of carbonyl (C=O) groups excluding carboxylic acids is 2. The fourth-order valence-corrected chi connectivity index (χ4v) is 1.79. The molecule has 1 aliphatic rings. The van der Waals surface area contributed by atoms with E-state index in [-0.39, 0.29) is 18.3 Å². The number of amides is 1. The molecule has 0 aromatic rings. The van der Waals surface area contributed by atoms with Gasteiger partial charge in [-0.2, -0.15) is 0 Å². The fraction of sp³-hybridized carbons (Fsp3) is 0.538. The number of aliphatic hydroxyl groups excluding tert-OH is 1. The smallest absolute Gasteiger partial charge is 0.247 e. The molecule has 0 saturated heterocycles. The van der Waals surface area contributed by atoms with Crippen molar-refractivity contribution in [2.75, 3.05) is 6.61 Å². The number of hydrogen-bond donors (Lipinski definition) is 2. The highest BCUT2D eigenvalue weighted by molar-refractivity contribution is 6.02. The van der Waals surface area contributed by atoms with Crippen LogP contribution in [0.1, 0.15) is 33.6 Å². The van der Waals surface area contributed by atoms with Gasteiger partial charge in [0.15, 0.2) is 0 Å². The van der Waals surface area contributed by atoms with Crippen LogP contribution in [0.5, 0.6) is 0 Å². The normalized spacial score (nSPS) is 23.7. The van der Waals surface area contributed by atoms with Gasteiger partial charge in [-0.3, -0.25) is 9.59 Å². The van der Waals surface area contributed by atoms with Crippen molar-refractivity contribution in [1.29, 1.82) is 0 Å². The molecule has 0 aliphatic carbocycles. The molecule has 0 saturated carbocycles. The Kier molecular flexibility index (Phi) is 4.67. The third-order valence-electron chi connectivity index (χ3n) is 2.77. The van der Waals surface area contributed by atoms with Gasteiger partial charge in [0.1, 0.15) is 5.76 Å². The molecule has 1 unspecified atom stereocenters. The van der Waals surface area contributed by atoms with Gasteiger partial charge < -0.3 is 15.2 Å².